The molecule has 1 heterocycles. The van der Waals surface area contributed by atoms with Gasteiger partial charge in [0, 0.05) is 17.3 Å². The number of ketones is 1. The molecule has 0 radical (unpaired) electrons. The first-order valence-corrected chi connectivity index (χ1v) is 9.28. The number of nitrogens with one attached hydrogen (secondary N) is 2. The maximum atomic E-state index is 12.5. The van der Waals surface area contributed by atoms with Crippen molar-refractivity contribution in [1.29, 1.82) is 0 Å². The smallest absolute Gasteiger partial charge is 0.242 e. The highest BCUT2D eigenvalue weighted by Gasteiger charge is 2.21. The number of rotatable bonds is 5. The van der Waals surface area contributed by atoms with E-state index >= 15 is 0 Å². The predicted molar refractivity (Wildman–Crippen MR) is 96.4 cm³/mol. The van der Waals surface area contributed by atoms with Crippen LogP contribution in [0.5, 0.6) is 0 Å². The highest BCUT2D eigenvalue weighted by Crippen LogP contribution is 2.16. The third kappa shape index (κ3) is 3.87. The van der Waals surface area contributed by atoms with Gasteiger partial charge in [-0.3, -0.25) is 4.79 Å². The van der Waals surface area contributed by atoms with Crippen molar-refractivity contribution in [2.45, 2.75) is 18.0 Å². The Morgan fingerprint density at radius 3 is 2.36 bits per heavy atom. The van der Waals surface area contributed by atoms with Crippen LogP contribution >= 0.6 is 0 Å². The molecule has 0 bridgehead atoms. The van der Waals surface area contributed by atoms with Crippen molar-refractivity contribution in [3.8, 4) is 0 Å². The minimum Gasteiger partial charge on any atom is -0.371 e. The van der Waals surface area contributed by atoms with Gasteiger partial charge >= 0.3 is 0 Å². The molecule has 3 rings (SSSR count). The van der Waals surface area contributed by atoms with Gasteiger partial charge in [0.05, 0.1) is 4.90 Å². The molecule has 0 aliphatic carbocycles. The Labute approximate surface area is 147 Å². The molecule has 0 saturated heterocycles. The topological polar surface area (TPSA) is 75.3 Å². The Morgan fingerprint density at radius 1 is 1.04 bits per heavy atom. The molecular weight excluding hydrogens is 336 g/mol. The van der Waals surface area contributed by atoms with Crippen LogP contribution in [0.3, 0.4) is 0 Å². The van der Waals surface area contributed by atoms with Crippen molar-refractivity contribution in [2.75, 3.05) is 0 Å². The van der Waals surface area contributed by atoms with E-state index in [2.05, 4.69) is 10.0 Å². The van der Waals surface area contributed by atoms with Crippen molar-refractivity contribution >= 4 is 15.8 Å². The van der Waals surface area contributed by atoms with Gasteiger partial charge in [-0.2, -0.15) is 4.72 Å². The van der Waals surface area contributed by atoms with E-state index in [1.165, 1.54) is 6.20 Å². The van der Waals surface area contributed by atoms with Gasteiger partial charge in [0.1, 0.15) is 6.17 Å². The minimum absolute atomic E-state index is 0.121. The Bertz CT molecular complexity index is 948. The first-order valence-electron chi connectivity index (χ1n) is 7.79. The molecular formula is C19H18N2O3S. The number of carbonyl (C=O) groups excluding carboxylic acids is 1. The van der Waals surface area contributed by atoms with Crippen LogP contribution in [-0.4, -0.2) is 20.4 Å². The molecule has 128 valence electrons. The van der Waals surface area contributed by atoms with Crippen LogP contribution < -0.4 is 10.0 Å². The number of dihydropyridines is 1. The van der Waals surface area contributed by atoms with Crippen LogP contribution in [-0.2, 0) is 10.0 Å². The molecule has 2 aromatic rings. The Balaban J connectivity index is 1.71. The first kappa shape index (κ1) is 17.1. The summed E-state index contributed by atoms with van der Waals surface area (Å²) in [7, 11) is -3.66. The van der Waals surface area contributed by atoms with E-state index in [0.29, 0.717) is 16.7 Å². The summed E-state index contributed by atoms with van der Waals surface area (Å²) in [4.78, 5) is 12.6. The minimum atomic E-state index is -3.66. The molecule has 0 saturated carbocycles. The van der Waals surface area contributed by atoms with Gasteiger partial charge < -0.3 is 5.32 Å². The maximum absolute atomic E-state index is 12.5. The lowest BCUT2D eigenvalue weighted by molar-refractivity contribution is 0.103. The molecule has 0 amide bonds. The van der Waals surface area contributed by atoms with E-state index in [0.717, 1.165) is 0 Å². The normalized spacial score (nSPS) is 16.8. The fraction of sp³-hybridized carbons (Fsp3) is 0.105. The van der Waals surface area contributed by atoms with E-state index in [-0.39, 0.29) is 10.7 Å². The van der Waals surface area contributed by atoms with Gasteiger partial charge in [0.2, 0.25) is 10.0 Å². The molecule has 1 aliphatic rings. The van der Waals surface area contributed by atoms with E-state index in [1.54, 1.807) is 67.6 Å². The Kier molecular flexibility index (Phi) is 4.83. The van der Waals surface area contributed by atoms with Crippen molar-refractivity contribution < 1.29 is 13.2 Å². The summed E-state index contributed by atoms with van der Waals surface area (Å²) in [6, 6.07) is 15.7. The second-order valence-electron chi connectivity index (χ2n) is 5.69. The number of hydrogen-bond donors (Lipinski definition) is 2. The van der Waals surface area contributed by atoms with E-state index in [4.69, 9.17) is 0 Å². The number of carbonyl (C=O) groups is 1. The van der Waals surface area contributed by atoms with Crippen LogP contribution in [0.25, 0.3) is 0 Å². The van der Waals surface area contributed by atoms with Gasteiger partial charge in [-0.25, -0.2) is 8.42 Å². The van der Waals surface area contributed by atoms with Crippen molar-refractivity contribution in [1.82, 2.24) is 10.0 Å². The summed E-state index contributed by atoms with van der Waals surface area (Å²) >= 11 is 0. The second-order valence-corrected chi connectivity index (χ2v) is 7.37. The molecule has 5 nitrogen and oxygen atoms in total. The first-order chi connectivity index (χ1) is 12.0. The highest BCUT2D eigenvalue weighted by atomic mass is 32.2. The van der Waals surface area contributed by atoms with Crippen molar-refractivity contribution in [3.05, 3.63) is 89.6 Å². The van der Waals surface area contributed by atoms with Crippen LogP contribution in [0.15, 0.2) is 83.4 Å². The largest absolute Gasteiger partial charge is 0.371 e. The molecule has 25 heavy (non-hydrogen) atoms. The molecule has 0 aromatic heterocycles. The van der Waals surface area contributed by atoms with Crippen LogP contribution in [0.2, 0.25) is 0 Å². The monoisotopic (exact) mass is 354 g/mol. The molecule has 6 heteroatoms. The molecule has 1 aliphatic heterocycles. The molecule has 0 spiro atoms. The highest BCUT2D eigenvalue weighted by molar-refractivity contribution is 7.89. The molecule has 1 atom stereocenters. The third-order valence-electron chi connectivity index (χ3n) is 3.85. The molecule has 0 fully saturated rings. The quantitative estimate of drug-likeness (QED) is 0.809. The number of aryl methyl sites for hydroxylation is 1. The number of Topliss-reactive ketones (excluding diaryl/α,β-unsaturated/α-hetero) is 1. The summed E-state index contributed by atoms with van der Waals surface area (Å²) in [5, 5.41) is 2.91. The van der Waals surface area contributed by atoms with Gasteiger partial charge in [0.15, 0.2) is 5.78 Å². The van der Waals surface area contributed by atoms with Crippen LogP contribution in [0, 0.1) is 6.92 Å². The van der Waals surface area contributed by atoms with Crippen molar-refractivity contribution in [2.24, 2.45) is 0 Å². The average molecular weight is 354 g/mol. The standard InChI is InChI=1S/C19H18N2O3S/c1-14-7-5-6-10-17(14)25(23,24)21-18-12-11-16(13-20-18)19(22)15-8-3-2-4-9-15/h2-13,18,20-21H,1H3. The fourth-order valence-electron chi connectivity index (χ4n) is 2.54. The summed E-state index contributed by atoms with van der Waals surface area (Å²) in [6.45, 7) is 1.75. The number of sulfonamides is 1. The second kappa shape index (κ2) is 7.04. The van der Waals surface area contributed by atoms with E-state index in [9.17, 15) is 13.2 Å². The number of allylic oxidation sites excluding steroid dienone is 2. The van der Waals surface area contributed by atoms with Gasteiger partial charge in [-0.1, -0.05) is 54.6 Å². The Hall–Kier alpha value is -2.70. The number of benzene rings is 2. The van der Waals surface area contributed by atoms with Crippen LogP contribution in [0.1, 0.15) is 15.9 Å². The van der Waals surface area contributed by atoms with Gasteiger partial charge in [-0.05, 0) is 24.6 Å². The zero-order chi connectivity index (χ0) is 17.9. The van der Waals surface area contributed by atoms with E-state index in [1.807, 2.05) is 6.07 Å². The van der Waals surface area contributed by atoms with E-state index < -0.39 is 16.2 Å². The lowest BCUT2D eigenvalue weighted by Crippen LogP contribution is -2.43. The molecule has 2 aromatic carbocycles. The maximum Gasteiger partial charge on any atom is 0.242 e. The molecule has 2 N–H and O–H groups in total. The summed E-state index contributed by atoms with van der Waals surface area (Å²) in [6.07, 6.45) is 4.15. The van der Waals surface area contributed by atoms with Gasteiger partial charge in [0.25, 0.3) is 0 Å². The Morgan fingerprint density at radius 2 is 1.72 bits per heavy atom. The van der Waals surface area contributed by atoms with Crippen molar-refractivity contribution in [3.63, 3.8) is 0 Å². The summed E-state index contributed by atoms with van der Waals surface area (Å²) < 4.78 is 27.5. The molecule has 1 unspecified atom stereocenters. The summed E-state index contributed by atoms with van der Waals surface area (Å²) in [5.74, 6) is -0.121. The zero-order valence-electron chi connectivity index (χ0n) is 13.6. The number of hydrogen-bond acceptors (Lipinski definition) is 4. The SMILES string of the molecule is Cc1ccccc1S(=O)(=O)NC1C=CC(C(=O)c2ccccc2)=CN1. The predicted octanol–water partition coefficient (Wildman–Crippen LogP) is 2.53. The van der Waals surface area contributed by atoms with Crippen LogP contribution in [0.4, 0.5) is 0 Å². The summed E-state index contributed by atoms with van der Waals surface area (Å²) in [5.41, 5.74) is 1.72. The lowest BCUT2D eigenvalue weighted by Gasteiger charge is -2.20. The average Bonchev–Trinajstić information content (AvgIpc) is 2.62. The third-order valence-corrected chi connectivity index (χ3v) is 5.45. The van der Waals surface area contributed by atoms with Gasteiger partial charge in [-0.15, -0.1) is 0 Å². The zero-order valence-corrected chi connectivity index (χ0v) is 14.5. The fourth-order valence-corrected chi connectivity index (χ4v) is 3.90. The lowest BCUT2D eigenvalue weighted by atomic mass is 10.0.